The molecule has 1 aromatic carbocycles. The molecular formula is C18H20IN3O8. The number of aromatic amines is 1. The van der Waals surface area contributed by atoms with E-state index in [1.54, 1.807) is 19.1 Å². The quantitative estimate of drug-likeness (QED) is 0.270. The zero-order chi connectivity index (χ0) is 22.0. The number of benzene rings is 1. The average Bonchev–Trinajstić information content (AvgIpc) is 3.07. The van der Waals surface area contributed by atoms with Gasteiger partial charge in [0.15, 0.2) is 0 Å². The second kappa shape index (κ2) is 9.34. The van der Waals surface area contributed by atoms with E-state index in [4.69, 9.17) is 9.47 Å². The van der Waals surface area contributed by atoms with Crippen LogP contribution in [-0.4, -0.2) is 43.5 Å². The Bertz CT molecular complexity index is 1050. The molecule has 1 aliphatic heterocycles. The SMILES string of the molecule is CC(OCc1cn([C@H]2CC(O)[C@@H](CO)O2)c(=O)[nH]c1=O)c1ccc(I)cc1[N+](=O)[O-]. The minimum atomic E-state index is -0.944. The van der Waals surface area contributed by atoms with Gasteiger partial charge in [0.25, 0.3) is 11.2 Å². The fourth-order valence-corrected chi connectivity index (χ4v) is 3.69. The molecule has 0 spiro atoms. The Morgan fingerprint density at radius 1 is 1.47 bits per heavy atom. The topological polar surface area (TPSA) is 157 Å². The van der Waals surface area contributed by atoms with Gasteiger partial charge in [-0.1, -0.05) is 0 Å². The Morgan fingerprint density at radius 3 is 2.83 bits per heavy atom. The number of rotatable bonds is 7. The van der Waals surface area contributed by atoms with Gasteiger partial charge in [-0.3, -0.25) is 24.5 Å². The lowest BCUT2D eigenvalue weighted by molar-refractivity contribution is -0.386. The minimum absolute atomic E-state index is 0.0721. The number of nitro groups is 1. The van der Waals surface area contributed by atoms with Gasteiger partial charge < -0.3 is 19.7 Å². The van der Waals surface area contributed by atoms with Gasteiger partial charge in [-0.25, -0.2) is 4.79 Å². The first-order valence-corrected chi connectivity index (χ1v) is 10.1. The van der Waals surface area contributed by atoms with Crippen LogP contribution in [-0.2, 0) is 16.1 Å². The molecule has 4 atom stereocenters. The molecule has 12 heteroatoms. The molecule has 0 bridgehead atoms. The summed E-state index contributed by atoms with van der Waals surface area (Å²) in [5.74, 6) is 0. The van der Waals surface area contributed by atoms with Crippen LogP contribution in [0.5, 0.6) is 0 Å². The van der Waals surface area contributed by atoms with E-state index < -0.39 is 47.3 Å². The van der Waals surface area contributed by atoms with E-state index in [0.717, 1.165) is 4.57 Å². The van der Waals surface area contributed by atoms with Crippen molar-refractivity contribution in [2.75, 3.05) is 6.61 Å². The van der Waals surface area contributed by atoms with Crippen LogP contribution in [0.3, 0.4) is 0 Å². The summed E-state index contributed by atoms with van der Waals surface area (Å²) in [7, 11) is 0. The third kappa shape index (κ3) is 4.78. The number of nitro benzene ring substituents is 1. The van der Waals surface area contributed by atoms with Gasteiger partial charge in [-0.2, -0.15) is 0 Å². The summed E-state index contributed by atoms with van der Waals surface area (Å²) in [6, 6.07) is 4.75. The highest BCUT2D eigenvalue weighted by Crippen LogP contribution is 2.30. The van der Waals surface area contributed by atoms with Crippen molar-refractivity contribution in [1.82, 2.24) is 9.55 Å². The van der Waals surface area contributed by atoms with Crippen LogP contribution < -0.4 is 11.2 Å². The number of ether oxygens (including phenoxy) is 2. The number of hydrogen-bond acceptors (Lipinski definition) is 8. The Kier molecular flexibility index (Phi) is 7.02. The highest BCUT2D eigenvalue weighted by molar-refractivity contribution is 14.1. The van der Waals surface area contributed by atoms with Crippen LogP contribution in [0.15, 0.2) is 34.0 Å². The first-order chi connectivity index (χ1) is 14.2. The Balaban J connectivity index is 1.80. The largest absolute Gasteiger partial charge is 0.394 e. The van der Waals surface area contributed by atoms with Gasteiger partial charge in [0.2, 0.25) is 0 Å². The van der Waals surface area contributed by atoms with Crippen LogP contribution in [0.25, 0.3) is 0 Å². The van der Waals surface area contributed by atoms with Crippen LogP contribution >= 0.6 is 22.6 Å². The molecule has 3 N–H and O–H groups in total. The molecule has 11 nitrogen and oxygen atoms in total. The first-order valence-electron chi connectivity index (χ1n) is 9.05. The second-order valence-electron chi connectivity index (χ2n) is 6.85. The molecule has 2 unspecified atom stereocenters. The predicted molar refractivity (Wildman–Crippen MR) is 112 cm³/mol. The number of H-pyrrole nitrogens is 1. The van der Waals surface area contributed by atoms with Crippen LogP contribution in [0.1, 0.15) is 36.8 Å². The summed E-state index contributed by atoms with van der Waals surface area (Å²) >= 11 is 1.98. The zero-order valence-corrected chi connectivity index (χ0v) is 18.0. The maximum Gasteiger partial charge on any atom is 0.330 e. The smallest absolute Gasteiger partial charge is 0.330 e. The summed E-state index contributed by atoms with van der Waals surface area (Å²) in [6.07, 6.45) is -1.97. The second-order valence-corrected chi connectivity index (χ2v) is 8.09. The number of nitrogens with zero attached hydrogens (tertiary/aromatic N) is 2. The van der Waals surface area contributed by atoms with Gasteiger partial charge in [-0.05, 0) is 41.6 Å². The van der Waals surface area contributed by atoms with Gasteiger partial charge in [0, 0.05) is 22.3 Å². The van der Waals surface area contributed by atoms with E-state index >= 15 is 0 Å². The molecule has 3 rings (SSSR count). The van der Waals surface area contributed by atoms with Crippen molar-refractivity contribution in [2.24, 2.45) is 0 Å². The molecule has 30 heavy (non-hydrogen) atoms. The van der Waals surface area contributed by atoms with E-state index in [2.05, 4.69) is 4.98 Å². The fraction of sp³-hybridized carbons (Fsp3) is 0.444. The number of nitrogens with one attached hydrogen (secondary N) is 1. The van der Waals surface area contributed by atoms with E-state index in [1.165, 1.54) is 12.3 Å². The lowest BCUT2D eigenvalue weighted by atomic mass is 10.1. The molecular weight excluding hydrogens is 513 g/mol. The van der Waals surface area contributed by atoms with Crippen molar-refractivity contribution in [3.05, 3.63) is 70.0 Å². The summed E-state index contributed by atoms with van der Waals surface area (Å²) in [4.78, 5) is 37.3. The number of hydrogen-bond donors (Lipinski definition) is 3. The maximum atomic E-state index is 12.2. The van der Waals surface area contributed by atoms with Crippen molar-refractivity contribution in [1.29, 1.82) is 0 Å². The van der Waals surface area contributed by atoms with Gasteiger partial charge in [0.05, 0.1) is 41.5 Å². The molecule has 0 amide bonds. The van der Waals surface area contributed by atoms with E-state index in [-0.39, 0.29) is 24.3 Å². The third-order valence-corrected chi connectivity index (χ3v) is 5.52. The van der Waals surface area contributed by atoms with Crippen LogP contribution in [0, 0.1) is 13.7 Å². The van der Waals surface area contributed by atoms with Crippen molar-refractivity contribution < 1.29 is 24.6 Å². The van der Waals surface area contributed by atoms with Gasteiger partial charge in [-0.15, -0.1) is 0 Å². The van der Waals surface area contributed by atoms with E-state index in [0.29, 0.717) is 9.13 Å². The van der Waals surface area contributed by atoms with Gasteiger partial charge >= 0.3 is 5.69 Å². The third-order valence-electron chi connectivity index (χ3n) is 4.85. The average molecular weight is 533 g/mol. The Hall–Kier alpha value is -2.13. The number of aliphatic hydroxyl groups excluding tert-OH is 2. The maximum absolute atomic E-state index is 12.2. The fourth-order valence-electron chi connectivity index (χ4n) is 3.22. The van der Waals surface area contributed by atoms with Gasteiger partial charge in [0.1, 0.15) is 12.3 Å². The molecule has 1 aliphatic rings. The number of aliphatic hydroxyl groups is 2. The molecule has 162 valence electrons. The number of aromatic nitrogens is 2. The molecule has 2 heterocycles. The Labute approximate surface area is 183 Å². The lowest BCUT2D eigenvalue weighted by Crippen LogP contribution is -2.34. The molecule has 0 saturated carbocycles. The monoisotopic (exact) mass is 533 g/mol. The molecule has 0 aliphatic carbocycles. The highest BCUT2D eigenvalue weighted by atomic mass is 127. The van der Waals surface area contributed by atoms with Crippen molar-refractivity contribution >= 4 is 28.3 Å². The molecule has 1 saturated heterocycles. The molecule has 0 radical (unpaired) electrons. The standard InChI is InChI=1S/C18H20IN3O8/c1-9(12-3-2-11(19)4-13(12)22(27)28)29-8-10-6-21(18(26)20-17(10)25)16-5-14(24)15(7-23)30-16/h2-4,6,9,14-16,23-24H,5,7-8H2,1H3,(H,20,25,26)/t9?,14?,15-,16-/m1/s1. The summed E-state index contributed by atoms with van der Waals surface area (Å²) in [5, 5.41) is 30.4. The van der Waals surface area contributed by atoms with Crippen molar-refractivity contribution in [3.63, 3.8) is 0 Å². The van der Waals surface area contributed by atoms with Crippen molar-refractivity contribution in [2.45, 2.75) is 44.5 Å². The first kappa shape index (κ1) is 22.6. The zero-order valence-electron chi connectivity index (χ0n) is 15.9. The highest BCUT2D eigenvalue weighted by Gasteiger charge is 2.35. The Morgan fingerprint density at radius 2 is 2.20 bits per heavy atom. The molecule has 1 aromatic heterocycles. The molecule has 2 aromatic rings. The predicted octanol–water partition coefficient (Wildman–Crippen LogP) is 0.968. The van der Waals surface area contributed by atoms with E-state index in [1.807, 2.05) is 22.6 Å². The minimum Gasteiger partial charge on any atom is -0.394 e. The van der Waals surface area contributed by atoms with E-state index in [9.17, 15) is 29.9 Å². The summed E-state index contributed by atoms with van der Waals surface area (Å²) < 4.78 is 13.0. The van der Waals surface area contributed by atoms with Crippen LogP contribution in [0.2, 0.25) is 0 Å². The number of halogens is 1. The normalized spacial score (nSPS) is 22.2. The van der Waals surface area contributed by atoms with Crippen LogP contribution in [0.4, 0.5) is 5.69 Å². The lowest BCUT2D eigenvalue weighted by Gasteiger charge is -2.17. The molecule has 1 fully saturated rings. The summed E-state index contributed by atoms with van der Waals surface area (Å²) in [6.45, 7) is 1.01. The van der Waals surface area contributed by atoms with Crippen molar-refractivity contribution in [3.8, 4) is 0 Å². The summed E-state index contributed by atoms with van der Waals surface area (Å²) in [5.41, 5.74) is -0.992.